The number of hydrogen-bond acceptors (Lipinski definition) is 5. The van der Waals surface area contributed by atoms with E-state index in [1.165, 1.54) is 12.3 Å². The van der Waals surface area contributed by atoms with E-state index >= 15 is 0 Å². The summed E-state index contributed by atoms with van der Waals surface area (Å²) in [6.07, 6.45) is 1.41. The minimum atomic E-state index is -0.535. The Hall–Kier alpha value is -2.27. The van der Waals surface area contributed by atoms with Gasteiger partial charge in [-0.15, -0.1) is 0 Å². The molecule has 0 fully saturated rings. The highest BCUT2D eigenvalue weighted by Crippen LogP contribution is 2.29. The number of nitrogens with zero attached hydrogens (tertiary/aromatic N) is 1. The van der Waals surface area contributed by atoms with Crippen LogP contribution < -0.4 is 10.5 Å². The van der Waals surface area contributed by atoms with Gasteiger partial charge < -0.3 is 15.2 Å². The average Bonchev–Trinajstić information content (AvgIpc) is 2.45. The van der Waals surface area contributed by atoms with Crippen molar-refractivity contribution in [3.63, 3.8) is 0 Å². The van der Waals surface area contributed by atoms with Gasteiger partial charge in [-0.2, -0.15) is 0 Å². The number of benzene rings is 1. The van der Waals surface area contributed by atoms with Gasteiger partial charge >= 0.3 is 5.97 Å². The number of aryl methyl sites for hydroxylation is 1. The summed E-state index contributed by atoms with van der Waals surface area (Å²) in [6.45, 7) is 3.84. The number of ether oxygens (including phenoxy) is 2. The van der Waals surface area contributed by atoms with E-state index in [0.29, 0.717) is 16.5 Å². The highest BCUT2D eigenvalue weighted by molar-refractivity contribution is 6.30. The number of rotatable bonds is 4. The van der Waals surface area contributed by atoms with Gasteiger partial charge in [0.2, 0.25) is 5.88 Å². The minimum absolute atomic E-state index is 0.132. The molecule has 0 radical (unpaired) electrons. The molecule has 0 amide bonds. The van der Waals surface area contributed by atoms with Crippen molar-refractivity contribution in [3.8, 4) is 11.6 Å². The fraction of sp³-hybridized carbons (Fsp3) is 0.200. The van der Waals surface area contributed by atoms with Gasteiger partial charge in [0.15, 0.2) is 0 Å². The maximum absolute atomic E-state index is 11.9. The topological polar surface area (TPSA) is 74.4 Å². The predicted molar refractivity (Wildman–Crippen MR) is 80.9 cm³/mol. The third-order valence-corrected chi connectivity index (χ3v) is 2.96. The molecule has 0 atom stereocenters. The van der Waals surface area contributed by atoms with Crippen LogP contribution >= 0.6 is 11.6 Å². The summed E-state index contributed by atoms with van der Waals surface area (Å²) >= 11 is 5.95. The molecule has 2 rings (SSSR count). The van der Waals surface area contributed by atoms with Crippen LogP contribution in [0.4, 0.5) is 5.69 Å². The van der Waals surface area contributed by atoms with Crippen LogP contribution in [0.3, 0.4) is 0 Å². The van der Waals surface area contributed by atoms with E-state index in [9.17, 15) is 4.79 Å². The molecule has 1 aromatic carbocycles. The van der Waals surface area contributed by atoms with Crippen LogP contribution in [-0.4, -0.2) is 17.6 Å². The van der Waals surface area contributed by atoms with Crippen molar-refractivity contribution < 1.29 is 14.3 Å². The van der Waals surface area contributed by atoms with Gasteiger partial charge in [-0.3, -0.25) is 0 Å². The van der Waals surface area contributed by atoms with E-state index < -0.39 is 5.97 Å². The van der Waals surface area contributed by atoms with Gasteiger partial charge in [0.1, 0.15) is 11.3 Å². The number of anilines is 1. The Kier molecular flexibility index (Phi) is 4.65. The van der Waals surface area contributed by atoms with Crippen molar-refractivity contribution >= 4 is 23.3 Å². The molecule has 0 spiro atoms. The maximum Gasteiger partial charge on any atom is 0.343 e. The Bertz CT molecular complexity index is 674. The third kappa shape index (κ3) is 3.64. The van der Waals surface area contributed by atoms with E-state index in [2.05, 4.69) is 4.98 Å². The Morgan fingerprint density at radius 3 is 2.86 bits per heavy atom. The van der Waals surface area contributed by atoms with Crippen molar-refractivity contribution in [1.29, 1.82) is 0 Å². The fourth-order valence-electron chi connectivity index (χ4n) is 1.69. The Morgan fingerprint density at radius 2 is 2.14 bits per heavy atom. The Morgan fingerprint density at radius 1 is 1.38 bits per heavy atom. The predicted octanol–water partition coefficient (Wildman–Crippen LogP) is 3.59. The molecule has 2 N–H and O–H groups in total. The molecule has 5 nitrogen and oxygen atoms in total. The second-order valence-corrected chi connectivity index (χ2v) is 4.79. The maximum atomic E-state index is 11.9. The lowest BCUT2D eigenvalue weighted by Gasteiger charge is -2.12. The summed E-state index contributed by atoms with van der Waals surface area (Å²) in [5, 5.41) is 0.531. The van der Waals surface area contributed by atoms with E-state index in [1.807, 2.05) is 13.0 Å². The second-order valence-electron chi connectivity index (χ2n) is 4.35. The first kappa shape index (κ1) is 15.1. The molecule has 0 bridgehead atoms. The lowest BCUT2D eigenvalue weighted by atomic mass is 10.2. The molecule has 1 heterocycles. The lowest BCUT2D eigenvalue weighted by molar-refractivity contribution is 0.0522. The van der Waals surface area contributed by atoms with Gasteiger partial charge in [-0.05, 0) is 37.6 Å². The average molecular weight is 307 g/mol. The van der Waals surface area contributed by atoms with Crippen molar-refractivity contribution in [2.75, 3.05) is 12.3 Å². The van der Waals surface area contributed by atoms with E-state index in [-0.39, 0.29) is 18.1 Å². The number of carbonyl (C=O) groups is 1. The number of esters is 1. The molecule has 0 aliphatic carbocycles. The molecule has 1 aromatic heterocycles. The number of pyridine rings is 1. The summed E-state index contributed by atoms with van der Waals surface area (Å²) < 4.78 is 10.7. The molecule has 21 heavy (non-hydrogen) atoms. The minimum Gasteiger partial charge on any atom is -0.462 e. The summed E-state index contributed by atoms with van der Waals surface area (Å²) in [5.41, 5.74) is 7.06. The SMILES string of the molecule is CCOC(=O)c1cc(N)cnc1Oc1cc(Cl)ccc1C. The normalized spacial score (nSPS) is 10.2. The van der Waals surface area contributed by atoms with Crippen LogP contribution in [0.15, 0.2) is 30.5 Å². The van der Waals surface area contributed by atoms with Crippen LogP contribution in [0, 0.1) is 6.92 Å². The van der Waals surface area contributed by atoms with Crippen molar-refractivity contribution in [1.82, 2.24) is 4.98 Å². The fourth-order valence-corrected chi connectivity index (χ4v) is 1.85. The van der Waals surface area contributed by atoms with Gasteiger partial charge in [0.05, 0.1) is 18.5 Å². The Balaban J connectivity index is 2.39. The van der Waals surface area contributed by atoms with Gasteiger partial charge in [-0.1, -0.05) is 17.7 Å². The van der Waals surface area contributed by atoms with E-state index in [4.69, 9.17) is 26.8 Å². The molecule has 0 saturated carbocycles. The standard InChI is InChI=1S/C15H15ClN2O3/c1-3-20-15(19)12-7-11(17)8-18-14(12)21-13-6-10(16)5-4-9(13)2/h4-8H,3,17H2,1-2H3. The van der Waals surface area contributed by atoms with Crippen LogP contribution in [0.2, 0.25) is 5.02 Å². The molecule has 0 aliphatic rings. The smallest absolute Gasteiger partial charge is 0.343 e. The lowest BCUT2D eigenvalue weighted by Crippen LogP contribution is -2.08. The van der Waals surface area contributed by atoms with E-state index in [0.717, 1.165) is 5.56 Å². The zero-order valence-corrected chi connectivity index (χ0v) is 12.5. The molecular formula is C15H15ClN2O3. The van der Waals surface area contributed by atoms with Crippen LogP contribution in [-0.2, 0) is 4.74 Å². The number of carbonyl (C=O) groups excluding carboxylic acids is 1. The van der Waals surface area contributed by atoms with Crippen LogP contribution in [0.25, 0.3) is 0 Å². The molecule has 0 saturated heterocycles. The monoisotopic (exact) mass is 306 g/mol. The molecule has 2 aromatic rings. The molecule has 6 heteroatoms. The van der Waals surface area contributed by atoms with E-state index in [1.54, 1.807) is 19.1 Å². The number of nitrogens with two attached hydrogens (primary N) is 1. The molecule has 0 aliphatic heterocycles. The zero-order chi connectivity index (χ0) is 15.4. The summed E-state index contributed by atoms with van der Waals surface area (Å²) in [7, 11) is 0. The third-order valence-electron chi connectivity index (χ3n) is 2.72. The first-order valence-corrected chi connectivity index (χ1v) is 6.75. The number of nitrogen functional groups attached to an aromatic ring is 1. The molecule has 0 unspecified atom stereocenters. The number of aromatic nitrogens is 1. The van der Waals surface area contributed by atoms with Crippen molar-refractivity contribution in [2.45, 2.75) is 13.8 Å². The first-order valence-electron chi connectivity index (χ1n) is 6.38. The summed E-state index contributed by atoms with van der Waals surface area (Å²) in [6, 6.07) is 6.70. The van der Waals surface area contributed by atoms with Gasteiger partial charge in [0.25, 0.3) is 0 Å². The zero-order valence-electron chi connectivity index (χ0n) is 11.7. The highest BCUT2D eigenvalue weighted by Gasteiger charge is 2.17. The largest absolute Gasteiger partial charge is 0.462 e. The summed E-state index contributed by atoms with van der Waals surface area (Å²) in [4.78, 5) is 16.0. The van der Waals surface area contributed by atoms with Crippen LogP contribution in [0.1, 0.15) is 22.8 Å². The first-order chi connectivity index (χ1) is 10.0. The van der Waals surface area contributed by atoms with Crippen LogP contribution in [0.5, 0.6) is 11.6 Å². The van der Waals surface area contributed by atoms with Gasteiger partial charge in [0, 0.05) is 5.02 Å². The highest BCUT2D eigenvalue weighted by atomic mass is 35.5. The molecule has 110 valence electrons. The number of halogens is 1. The second kappa shape index (κ2) is 6.45. The van der Waals surface area contributed by atoms with Gasteiger partial charge in [-0.25, -0.2) is 9.78 Å². The quantitative estimate of drug-likeness (QED) is 0.874. The van der Waals surface area contributed by atoms with Crippen molar-refractivity contribution in [3.05, 3.63) is 46.6 Å². The van der Waals surface area contributed by atoms with Crippen molar-refractivity contribution in [2.24, 2.45) is 0 Å². The Labute approximate surface area is 127 Å². The summed E-state index contributed by atoms with van der Waals surface area (Å²) in [5.74, 6) is 0.116. The number of hydrogen-bond donors (Lipinski definition) is 1. The molecular weight excluding hydrogens is 292 g/mol.